The largest absolute Gasteiger partial charge is 0.380 e. The van der Waals surface area contributed by atoms with E-state index in [1.165, 1.54) is 11.1 Å². The topological polar surface area (TPSA) is 35.8 Å². The number of hydrogen-bond acceptors (Lipinski definition) is 2. The Morgan fingerprint density at radius 2 is 1.80 bits per heavy atom. The third kappa shape index (κ3) is 3.19. The molecular formula is C18H20N2. The van der Waals surface area contributed by atoms with E-state index in [1.54, 1.807) is 0 Å². The van der Waals surface area contributed by atoms with Crippen molar-refractivity contribution in [1.82, 2.24) is 0 Å². The highest BCUT2D eigenvalue weighted by Gasteiger charge is 2.04. The van der Waals surface area contributed by atoms with E-state index in [2.05, 4.69) is 49.5 Å². The van der Waals surface area contributed by atoms with Crippen LogP contribution in [-0.4, -0.2) is 0 Å². The van der Waals surface area contributed by atoms with E-state index in [0.717, 1.165) is 23.4 Å². The molecule has 0 saturated carbocycles. The van der Waals surface area contributed by atoms with Crippen molar-refractivity contribution in [2.75, 3.05) is 5.32 Å². The van der Waals surface area contributed by atoms with Crippen molar-refractivity contribution in [1.29, 1.82) is 5.26 Å². The molecule has 0 aliphatic rings. The Kier molecular flexibility index (Phi) is 4.42. The van der Waals surface area contributed by atoms with Crippen LogP contribution in [0.3, 0.4) is 0 Å². The lowest BCUT2D eigenvalue weighted by Crippen LogP contribution is -2.02. The zero-order chi connectivity index (χ0) is 14.5. The van der Waals surface area contributed by atoms with Gasteiger partial charge in [-0.1, -0.05) is 50.2 Å². The van der Waals surface area contributed by atoms with E-state index in [9.17, 15) is 5.26 Å². The molecule has 2 heteroatoms. The molecule has 0 radical (unpaired) electrons. The molecule has 0 unspecified atom stereocenters. The fourth-order valence-electron chi connectivity index (χ4n) is 2.18. The van der Waals surface area contributed by atoms with E-state index < -0.39 is 0 Å². The van der Waals surface area contributed by atoms with Gasteiger partial charge in [0.15, 0.2) is 0 Å². The van der Waals surface area contributed by atoms with Crippen molar-refractivity contribution in [3.05, 3.63) is 64.7 Å². The van der Waals surface area contributed by atoms with Crippen molar-refractivity contribution in [3.8, 4) is 6.07 Å². The Morgan fingerprint density at radius 3 is 2.40 bits per heavy atom. The molecule has 0 bridgehead atoms. The van der Waals surface area contributed by atoms with Crippen LogP contribution in [0.4, 0.5) is 5.69 Å². The predicted molar refractivity (Wildman–Crippen MR) is 83.8 cm³/mol. The SMILES string of the molecule is Cc1cccc(NCc2ccc(C(C)C)cc2)c1C#N. The molecule has 0 spiro atoms. The van der Waals surface area contributed by atoms with Gasteiger partial charge >= 0.3 is 0 Å². The Bertz CT molecular complexity index is 619. The second-order valence-corrected chi connectivity index (χ2v) is 5.36. The monoisotopic (exact) mass is 264 g/mol. The summed E-state index contributed by atoms with van der Waals surface area (Å²) in [6.45, 7) is 7.08. The number of anilines is 1. The summed E-state index contributed by atoms with van der Waals surface area (Å²) in [6, 6.07) is 16.8. The Hall–Kier alpha value is -2.27. The second kappa shape index (κ2) is 6.25. The first-order valence-electron chi connectivity index (χ1n) is 6.94. The first-order valence-corrected chi connectivity index (χ1v) is 6.94. The lowest BCUT2D eigenvalue weighted by molar-refractivity contribution is 0.865. The first-order chi connectivity index (χ1) is 9.61. The van der Waals surface area contributed by atoms with Crippen LogP contribution in [0.25, 0.3) is 0 Å². The third-order valence-corrected chi connectivity index (χ3v) is 3.51. The van der Waals surface area contributed by atoms with E-state index in [0.29, 0.717) is 5.92 Å². The lowest BCUT2D eigenvalue weighted by Gasteiger charge is -2.11. The molecule has 2 nitrogen and oxygen atoms in total. The summed E-state index contributed by atoms with van der Waals surface area (Å²) in [5.74, 6) is 0.555. The molecule has 0 fully saturated rings. The molecule has 0 aliphatic carbocycles. The van der Waals surface area contributed by atoms with Gasteiger partial charge in [0.25, 0.3) is 0 Å². The number of hydrogen-bond donors (Lipinski definition) is 1. The molecule has 0 saturated heterocycles. The van der Waals surface area contributed by atoms with E-state index >= 15 is 0 Å². The highest BCUT2D eigenvalue weighted by molar-refractivity contribution is 5.60. The first kappa shape index (κ1) is 14.1. The van der Waals surface area contributed by atoms with Crippen LogP contribution in [0.15, 0.2) is 42.5 Å². The molecule has 0 amide bonds. The Morgan fingerprint density at radius 1 is 1.10 bits per heavy atom. The van der Waals surface area contributed by atoms with Crippen LogP contribution >= 0.6 is 0 Å². The van der Waals surface area contributed by atoms with Crippen LogP contribution in [0.2, 0.25) is 0 Å². The molecule has 2 aromatic carbocycles. The zero-order valence-corrected chi connectivity index (χ0v) is 12.3. The van der Waals surface area contributed by atoms with Crippen LogP contribution in [-0.2, 0) is 6.54 Å². The van der Waals surface area contributed by atoms with Crippen LogP contribution in [0, 0.1) is 18.3 Å². The van der Waals surface area contributed by atoms with Crippen LogP contribution < -0.4 is 5.32 Å². The van der Waals surface area contributed by atoms with Gasteiger partial charge in [0.1, 0.15) is 6.07 Å². The Balaban J connectivity index is 2.09. The third-order valence-electron chi connectivity index (χ3n) is 3.51. The summed E-state index contributed by atoms with van der Waals surface area (Å²) >= 11 is 0. The highest BCUT2D eigenvalue weighted by Crippen LogP contribution is 2.20. The average molecular weight is 264 g/mol. The molecule has 2 rings (SSSR count). The van der Waals surface area contributed by atoms with E-state index in [4.69, 9.17) is 0 Å². The molecule has 0 aliphatic heterocycles. The second-order valence-electron chi connectivity index (χ2n) is 5.36. The van der Waals surface area contributed by atoms with Crippen molar-refractivity contribution in [3.63, 3.8) is 0 Å². The summed E-state index contributed by atoms with van der Waals surface area (Å²) in [6.07, 6.45) is 0. The fraction of sp³-hybridized carbons (Fsp3) is 0.278. The van der Waals surface area contributed by atoms with Gasteiger partial charge in [0.2, 0.25) is 0 Å². The van der Waals surface area contributed by atoms with Gasteiger partial charge in [-0.3, -0.25) is 0 Å². The molecule has 102 valence electrons. The minimum Gasteiger partial charge on any atom is -0.380 e. The molecular weight excluding hydrogens is 244 g/mol. The quantitative estimate of drug-likeness (QED) is 0.875. The van der Waals surface area contributed by atoms with Crippen molar-refractivity contribution >= 4 is 5.69 Å². The Labute approximate surface area is 121 Å². The molecule has 1 N–H and O–H groups in total. The number of benzene rings is 2. The number of nitrogens with zero attached hydrogens (tertiary/aromatic N) is 1. The van der Waals surface area contributed by atoms with Gasteiger partial charge < -0.3 is 5.32 Å². The van der Waals surface area contributed by atoms with Gasteiger partial charge in [0.05, 0.1) is 11.3 Å². The summed E-state index contributed by atoms with van der Waals surface area (Å²) in [5.41, 5.74) is 5.21. The molecule has 20 heavy (non-hydrogen) atoms. The van der Waals surface area contributed by atoms with E-state index in [1.807, 2.05) is 25.1 Å². The summed E-state index contributed by atoms with van der Waals surface area (Å²) in [7, 11) is 0. The number of aryl methyl sites for hydroxylation is 1. The fourth-order valence-corrected chi connectivity index (χ4v) is 2.18. The van der Waals surface area contributed by atoms with Gasteiger partial charge in [-0.2, -0.15) is 5.26 Å². The molecule has 2 aromatic rings. The normalized spacial score (nSPS) is 10.3. The van der Waals surface area contributed by atoms with Crippen LogP contribution in [0.5, 0.6) is 0 Å². The number of nitrogens with one attached hydrogen (secondary N) is 1. The van der Waals surface area contributed by atoms with Gasteiger partial charge in [-0.25, -0.2) is 0 Å². The summed E-state index contributed by atoms with van der Waals surface area (Å²) < 4.78 is 0. The maximum absolute atomic E-state index is 9.20. The summed E-state index contributed by atoms with van der Waals surface area (Å²) in [5, 5.41) is 12.6. The molecule has 0 aromatic heterocycles. The van der Waals surface area contributed by atoms with Gasteiger partial charge in [-0.05, 0) is 35.6 Å². The molecule has 0 heterocycles. The van der Waals surface area contributed by atoms with Crippen molar-refractivity contribution in [2.24, 2.45) is 0 Å². The van der Waals surface area contributed by atoms with Gasteiger partial charge in [-0.15, -0.1) is 0 Å². The lowest BCUT2D eigenvalue weighted by atomic mass is 10.0. The standard InChI is InChI=1S/C18H20N2/c1-13(2)16-9-7-15(8-10-16)12-20-18-6-4-5-14(3)17(18)11-19/h4-10,13,20H,12H2,1-3H3. The van der Waals surface area contributed by atoms with E-state index in [-0.39, 0.29) is 0 Å². The van der Waals surface area contributed by atoms with Gasteiger partial charge in [0, 0.05) is 6.54 Å². The zero-order valence-electron chi connectivity index (χ0n) is 12.3. The maximum atomic E-state index is 9.20. The minimum atomic E-state index is 0.555. The highest BCUT2D eigenvalue weighted by atomic mass is 14.9. The van der Waals surface area contributed by atoms with Crippen molar-refractivity contribution in [2.45, 2.75) is 33.2 Å². The number of rotatable bonds is 4. The number of nitriles is 1. The smallest absolute Gasteiger partial charge is 0.102 e. The molecule has 0 atom stereocenters. The predicted octanol–water partition coefficient (Wildman–Crippen LogP) is 4.60. The maximum Gasteiger partial charge on any atom is 0.102 e. The van der Waals surface area contributed by atoms with Crippen molar-refractivity contribution < 1.29 is 0 Å². The average Bonchev–Trinajstić information content (AvgIpc) is 2.45. The summed E-state index contributed by atoms with van der Waals surface area (Å²) in [4.78, 5) is 0. The van der Waals surface area contributed by atoms with Crippen LogP contribution in [0.1, 0.15) is 42.0 Å². The minimum absolute atomic E-state index is 0.555.